The third-order valence-corrected chi connectivity index (χ3v) is 3.77. The molecule has 0 unspecified atom stereocenters. The zero-order valence-corrected chi connectivity index (χ0v) is 11.7. The van der Waals surface area contributed by atoms with Crippen molar-refractivity contribution in [3.8, 4) is 0 Å². The van der Waals surface area contributed by atoms with Crippen LogP contribution in [0.1, 0.15) is 23.8 Å². The first-order valence-electron chi connectivity index (χ1n) is 6.25. The minimum Gasteiger partial charge on any atom is -0.292 e. The lowest BCUT2D eigenvalue weighted by atomic mass is 10.2. The molecule has 5 nitrogen and oxygen atoms in total. The zero-order valence-electron chi connectivity index (χ0n) is 10.9. The van der Waals surface area contributed by atoms with E-state index in [9.17, 15) is 4.79 Å². The first-order valence-corrected chi connectivity index (χ1v) is 7.06. The van der Waals surface area contributed by atoms with E-state index >= 15 is 0 Å². The van der Waals surface area contributed by atoms with Crippen LogP contribution in [0.4, 0.5) is 0 Å². The lowest BCUT2D eigenvalue weighted by Crippen LogP contribution is -1.99. The van der Waals surface area contributed by atoms with Crippen LogP contribution < -0.4 is 0 Å². The Morgan fingerprint density at radius 3 is 2.90 bits per heavy atom. The number of fused-ring (bicyclic) bond motifs is 1. The molecule has 0 bridgehead atoms. The van der Waals surface area contributed by atoms with E-state index < -0.39 is 0 Å². The summed E-state index contributed by atoms with van der Waals surface area (Å²) < 4.78 is 1.91. The number of carbonyl (C=O) groups excluding carboxylic acids is 1. The highest BCUT2D eigenvalue weighted by Crippen LogP contribution is 2.25. The molecule has 0 saturated heterocycles. The highest BCUT2D eigenvalue weighted by Gasteiger charge is 2.08. The summed E-state index contributed by atoms with van der Waals surface area (Å²) in [4.78, 5) is 16.6. The molecule has 3 aromatic rings. The Kier molecular flexibility index (Phi) is 3.47. The smallest absolute Gasteiger partial charge is 0.200 e. The van der Waals surface area contributed by atoms with E-state index in [4.69, 9.17) is 0 Å². The summed E-state index contributed by atoms with van der Waals surface area (Å²) in [5, 5.41) is 9.01. The second-order valence-corrected chi connectivity index (χ2v) is 5.21. The molecule has 0 radical (unpaired) electrons. The topological polar surface area (TPSA) is 60.2 Å². The van der Waals surface area contributed by atoms with Crippen molar-refractivity contribution < 1.29 is 4.79 Å². The number of Topliss-reactive ketones (excluding diaryl/α,β-unsaturated/α-hetero) is 1. The fourth-order valence-electron chi connectivity index (χ4n) is 1.78. The van der Waals surface area contributed by atoms with Gasteiger partial charge in [-0.15, -0.1) is 10.2 Å². The van der Waals surface area contributed by atoms with Gasteiger partial charge in [0, 0.05) is 23.7 Å². The van der Waals surface area contributed by atoms with E-state index in [-0.39, 0.29) is 5.78 Å². The fraction of sp³-hybridized carbons (Fsp3) is 0.143. The van der Waals surface area contributed by atoms with Gasteiger partial charge in [0.05, 0.1) is 0 Å². The molecule has 3 rings (SSSR count). The SMILES string of the molecule is CCC(=O)c1ccc(Sc2nnc3ccccn23)cn1. The molecular formula is C14H12N4OS. The monoisotopic (exact) mass is 284 g/mol. The molecule has 0 N–H and O–H groups in total. The van der Waals surface area contributed by atoms with Crippen LogP contribution in [0.15, 0.2) is 52.8 Å². The van der Waals surface area contributed by atoms with E-state index in [0.717, 1.165) is 15.7 Å². The molecule has 0 spiro atoms. The molecule has 6 heteroatoms. The van der Waals surface area contributed by atoms with Gasteiger partial charge in [0.1, 0.15) is 5.69 Å². The Labute approximate surface area is 120 Å². The van der Waals surface area contributed by atoms with Crippen molar-refractivity contribution in [1.82, 2.24) is 19.6 Å². The Bertz CT molecular complexity index is 751. The average Bonchev–Trinajstić information content (AvgIpc) is 2.91. The van der Waals surface area contributed by atoms with E-state index in [1.165, 1.54) is 11.8 Å². The van der Waals surface area contributed by atoms with Gasteiger partial charge in [0.25, 0.3) is 0 Å². The second kappa shape index (κ2) is 5.42. The number of hydrogen-bond donors (Lipinski definition) is 0. The molecule has 0 fully saturated rings. The molecule has 0 atom stereocenters. The first-order chi connectivity index (χ1) is 9.78. The lowest BCUT2D eigenvalue weighted by Gasteiger charge is -2.01. The highest BCUT2D eigenvalue weighted by molar-refractivity contribution is 7.99. The number of ketones is 1. The standard InChI is InChI=1S/C14H12N4OS/c1-2-12(19)11-7-6-10(9-15-11)20-14-17-16-13-5-3-4-8-18(13)14/h3-9H,2H2,1H3. The molecule has 0 aliphatic carbocycles. The van der Waals surface area contributed by atoms with Crippen molar-refractivity contribution in [2.75, 3.05) is 0 Å². The van der Waals surface area contributed by atoms with Crippen molar-refractivity contribution in [1.29, 1.82) is 0 Å². The summed E-state index contributed by atoms with van der Waals surface area (Å²) >= 11 is 1.47. The van der Waals surface area contributed by atoms with Gasteiger partial charge in [0.2, 0.25) is 0 Å². The van der Waals surface area contributed by atoms with Crippen molar-refractivity contribution in [2.45, 2.75) is 23.4 Å². The summed E-state index contributed by atoms with van der Waals surface area (Å²) in [6.07, 6.45) is 4.08. The lowest BCUT2D eigenvalue weighted by molar-refractivity contribution is 0.0983. The van der Waals surface area contributed by atoms with Crippen molar-refractivity contribution in [2.24, 2.45) is 0 Å². The van der Waals surface area contributed by atoms with Crippen LogP contribution >= 0.6 is 11.8 Å². The summed E-state index contributed by atoms with van der Waals surface area (Å²) in [6.45, 7) is 1.83. The molecule has 0 aromatic carbocycles. The largest absolute Gasteiger partial charge is 0.292 e. The summed E-state index contributed by atoms with van der Waals surface area (Å²) in [6, 6.07) is 9.38. The minimum absolute atomic E-state index is 0.0504. The number of carbonyl (C=O) groups is 1. The minimum atomic E-state index is 0.0504. The predicted molar refractivity (Wildman–Crippen MR) is 76.0 cm³/mol. The Morgan fingerprint density at radius 2 is 2.15 bits per heavy atom. The maximum atomic E-state index is 11.5. The number of pyridine rings is 2. The molecule has 3 heterocycles. The third kappa shape index (κ3) is 2.42. The molecule has 0 amide bonds. The van der Waals surface area contributed by atoms with Gasteiger partial charge >= 0.3 is 0 Å². The highest BCUT2D eigenvalue weighted by atomic mass is 32.2. The van der Waals surface area contributed by atoms with Crippen LogP contribution in [0, 0.1) is 0 Å². The summed E-state index contributed by atoms with van der Waals surface area (Å²) in [7, 11) is 0. The fourth-order valence-corrected chi connectivity index (χ4v) is 2.57. The van der Waals surface area contributed by atoms with Crippen LogP contribution in [0.3, 0.4) is 0 Å². The van der Waals surface area contributed by atoms with E-state index in [0.29, 0.717) is 12.1 Å². The summed E-state index contributed by atoms with van der Waals surface area (Å²) in [5.74, 6) is 0.0504. The molecule has 0 aliphatic rings. The second-order valence-electron chi connectivity index (χ2n) is 4.17. The Morgan fingerprint density at radius 1 is 1.25 bits per heavy atom. The Hall–Kier alpha value is -2.21. The van der Waals surface area contributed by atoms with Crippen molar-refractivity contribution >= 4 is 23.2 Å². The van der Waals surface area contributed by atoms with Crippen molar-refractivity contribution in [3.63, 3.8) is 0 Å². The van der Waals surface area contributed by atoms with Gasteiger partial charge in [-0.05, 0) is 36.0 Å². The zero-order chi connectivity index (χ0) is 13.9. The number of nitrogens with zero attached hydrogens (tertiary/aromatic N) is 4. The van der Waals surface area contributed by atoms with Gasteiger partial charge < -0.3 is 0 Å². The third-order valence-electron chi connectivity index (χ3n) is 2.83. The van der Waals surface area contributed by atoms with Gasteiger partial charge in [-0.25, -0.2) is 0 Å². The normalized spacial score (nSPS) is 10.8. The van der Waals surface area contributed by atoms with Crippen LogP contribution in [-0.2, 0) is 0 Å². The quantitative estimate of drug-likeness (QED) is 0.689. The van der Waals surface area contributed by atoms with Crippen LogP contribution in [0.5, 0.6) is 0 Å². The predicted octanol–water partition coefficient (Wildman–Crippen LogP) is 2.87. The number of aromatic nitrogens is 4. The Balaban J connectivity index is 1.86. The number of hydrogen-bond acceptors (Lipinski definition) is 5. The van der Waals surface area contributed by atoms with Gasteiger partial charge in [-0.1, -0.05) is 13.0 Å². The molecule has 20 heavy (non-hydrogen) atoms. The molecule has 3 aromatic heterocycles. The molecule has 0 aliphatic heterocycles. The van der Waals surface area contributed by atoms with E-state index in [1.54, 1.807) is 12.3 Å². The molecular weight excluding hydrogens is 272 g/mol. The maximum Gasteiger partial charge on any atom is 0.200 e. The van der Waals surface area contributed by atoms with Crippen LogP contribution in [0.2, 0.25) is 0 Å². The van der Waals surface area contributed by atoms with Gasteiger partial charge in [-0.2, -0.15) is 0 Å². The van der Waals surface area contributed by atoms with Gasteiger partial charge in [-0.3, -0.25) is 14.2 Å². The maximum absolute atomic E-state index is 11.5. The van der Waals surface area contributed by atoms with Crippen LogP contribution in [-0.4, -0.2) is 25.4 Å². The van der Waals surface area contributed by atoms with E-state index in [2.05, 4.69) is 15.2 Å². The van der Waals surface area contributed by atoms with Crippen LogP contribution in [0.25, 0.3) is 5.65 Å². The molecule has 100 valence electrons. The number of rotatable bonds is 4. The molecule has 0 saturated carbocycles. The van der Waals surface area contributed by atoms with Crippen molar-refractivity contribution in [3.05, 3.63) is 48.4 Å². The summed E-state index contributed by atoms with van der Waals surface area (Å²) in [5.41, 5.74) is 1.31. The average molecular weight is 284 g/mol. The first kappa shape index (κ1) is 12.8. The van der Waals surface area contributed by atoms with E-state index in [1.807, 2.05) is 41.8 Å². The van der Waals surface area contributed by atoms with Gasteiger partial charge in [0.15, 0.2) is 16.6 Å².